The maximum atomic E-state index is 9.69. The van der Waals surface area contributed by atoms with Crippen LogP contribution >= 0.6 is 0 Å². The molecule has 2 aromatic rings. The number of rotatable bonds is 4. The number of anilines is 1. The van der Waals surface area contributed by atoms with Crippen molar-refractivity contribution in [3.8, 4) is 5.75 Å². The Bertz CT molecular complexity index is 751. The second-order valence-electron chi connectivity index (χ2n) is 6.98. The van der Waals surface area contributed by atoms with E-state index in [0.717, 1.165) is 60.0 Å². The van der Waals surface area contributed by atoms with Crippen molar-refractivity contribution in [2.24, 2.45) is 5.41 Å². The molecule has 0 atom stereocenters. The van der Waals surface area contributed by atoms with E-state index in [9.17, 15) is 5.11 Å². The van der Waals surface area contributed by atoms with Gasteiger partial charge in [-0.15, -0.1) is 0 Å². The monoisotopic (exact) mass is 325 g/mol. The molecule has 4 rings (SSSR count). The summed E-state index contributed by atoms with van der Waals surface area (Å²) in [7, 11) is 0. The Morgan fingerprint density at radius 3 is 2.83 bits per heavy atom. The van der Waals surface area contributed by atoms with Crippen LogP contribution in [0.25, 0.3) is 0 Å². The van der Waals surface area contributed by atoms with E-state index in [1.807, 2.05) is 25.1 Å². The van der Waals surface area contributed by atoms with Gasteiger partial charge in [0, 0.05) is 23.9 Å². The van der Waals surface area contributed by atoms with Crippen LogP contribution < -0.4 is 10.1 Å². The fourth-order valence-corrected chi connectivity index (χ4v) is 3.57. The van der Waals surface area contributed by atoms with E-state index in [2.05, 4.69) is 21.4 Å². The molecule has 0 radical (unpaired) electrons. The second kappa shape index (κ2) is 6.06. The van der Waals surface area contributed by atoms with Gasteiger partial charge in [0.15, 0.2) is 0 Å². The number of aromatic nitrogens is 2. The molecule has 0 unspecified atom stereocenters. The molecule has 5 heteroatoms. The van der Waals surface area contributed by atoms with Crippen LogP contribution in [0.5, 0.6) is 5.75 Å². The number of aryl methyl sites for hydroxylation is 1. The molecule has 1 aromatic carbocycles. The third kappa shape index (κ3) is 2.73. The van der Waals surface area contributed by atoms with Gasteiger partial charge >= 0.3 is 0 Å². The predicted octanol–water partition coefficient (Wildman–Crippen LogP) is 2.84. The van der Waals surface area contributed by atoms with E-state index >= 15 is 0 Å². The van der Waals surface area contributed by atoms with E-state index in [4.69, 9.17) is 4.74 Å². The summed E-state index contributed by atoms with van der Waals surface area (Å²) in [6, 6.07) is 8.12. The minimum Gasteiger partial charge on any atom is -0.487 e. The zero-order valence-electron chi connectivity index (χ0n) is 14.0. The molecule has 24 heavy (non-hydrogen) atoms. The van der Waals surface area contributed by atoms with Crippen molar-refractivity contribution in [2.45, 2.75) is 39.2 Å². The van der Waals surface area contributed by atoms with Crippen LogP contribution in [-0.4, -0.2) is 28.2 Å². The summed E-state index contributed by atoms with van der Waals surface area (Å²) in [6.45, 7) is 3.37. The second-order valence-corrected chi connectivity index (χ2v) is 6.98. The van der Waals surface area contributed by atoms with Crippen molar-refractivity contribution in [2.75, 3.05) is 18.5 Å². The molecule has 126 valence electrons. The Morgan fingerprint density at radius 1 is 1.25 bits per heavy atom. The largest absolute Gasteiger partial charge is 0.487 e. The molecule has 2 heterocycles. The van der Waals surface area contributed by atoms with Crippen molar-refractivity contribution in [3.63, 3.8) is 0 Å². The summed E-state index contributed by atoms with van der Waals surface area (Å²) >= 11 is 0. The van der Waals surface area contributed by atoms with E-state index in [-0.39, 0.29) is 12.0 Å². The lowest BCUT2D eigenvalue weighted by Gasteiger charge is -2.40. The molecule has 0 bridgehead atoms. The Hall–Kier alpha value is -2.14. The van der Waals surface area contributed by atoms with Crippen LogP contribution in [0.3, 0.4) is 0 Å². The first-order valence-electron chi connectivity index (χ1n) is 8.61. The molecule has 1 saturated carbocycles. The third-order valence-corrected chi connectivity index (χ3v) is 5.29. The smallest absolute Gasteiger partial charge is 0.133 e. The van der Waals surface area contributed by atoms with Crippen LogP contribution in [-0.2, 0) is 13.0 Å². The molecule has 1 aliphatic heterocycles. The summed E-state index contributed by atoms with van der Waals surface area (Å²) in [4.78, 5) is 9.23. The number of ether oxygens (including phenoxy) is 1. The summed E-state index contributed by atoms with van der Waals surface area (Å²) in [6.07, 6.45) is 4.12. The molecular formula is C19H23N3O2. The molecule has 1 fully saturated rings. The number of para-hydroxylation sites is 1. The van der Waals surface area contributed by atoms with Crippen LogP contribution in [0.1, 0.15) is 41.9 Å². The summed E-state index contributed by atoms with van der Waals surface area (Å²) in [5.74, 6) is 2.56. The van der Waals surface area contributed by atoms with Gasteiger partial charge in [-0.1, -0.05) is 24.6 Å². The average Bonchev–Trinajstić information content (AvgIpc) is 2.73. The lowest BCUT2D eigenvalue weighted by Crippen LogP contribution is -2.40. The van der Waals surface area contributed by atoms with E-state index in [0.29, 0.717) is 6.61 Å². The fourth-order valence-electron chi connectivity index (χ4n) is 3.57. The highest BCUT2D eigenvalue weighted by Crippen LogP contribution is 2.40. The van der Waals surface area contributed by atoms with Crippen molar-refractivity contribution in [1.29, 1.82) is 0 Å². The predicted molar refractivity (Wildman–Crippen MR) is 92.2 cm³/mol. The van der Waals surface area contributed by atoms with Crippen molar-refractivity contribution < 1.29 is 9.84 Å². The topological polar surface area (TPSA) is 67.3 Å². The highest BCUT2D eigenvalue weighted by atomic mass is 16.5. The molecule has 2 N–H and O–H groups in total. The summed E-state index contributed by atoms with van der Waals surface area (Å²) in [5.41, 5.74) is 3.24. The van der Waals surface area contributed by atoms with Gasteiger partial charge in [-0.25, -0.2) is 9.97 Å². The lowest BCUT2D eigenvalue weighted by molar-refractivity contribution is 0.0575. The molecule has 5 nitrogen and oxygen atoms in total. The van der Waals surface area contributed by atoms with Crippen LogP contribution in [0.4, 0.5) is 5.82 Å². The van der Waals surface area contributed by atoms with Gasteiger partial charge in [0.25, 0.3) is 0 Å². The molecular weight excluding hydrogens is 302 g/mol. The number of aliphatic hydroxyl groups excluding tert-OH is 1. The Morgan fingerprint density at radius 2 is 2.08 bits per heavy atom. The van der Waals surface area contributed by atoms with Crippen LogP contribution in [0, 0.1) is 12.3 Å². The van der Waals surface area contributed by atoms with Gasteiger partial charge in [-0.2, -0.15) is 0 Å². The Labute approximate surface area is 142 Å². The third-order valence-electron chi connectivity index (χ3n) is 5.29. The van der Waals surface area contributed by atoms with Crippen molar-refractivity contribution >= 4 is 5.82 Å². The maximum absolute atomic E-state index is 9.69. The SMILES string of the molecule is Cc1nc2c(c(NCC3(CO)CCC3)n1)Cc1ccccc1OC2. The quantitative estimate of drug-likeness (QED) is 0.905. The van der Waals surface area contributed by atoms with Gasteiger partial charge in [0.1, 0.15) is 24.0 Å². The Kier molecular flexibility index (Phi) is 3.88. The zero-order chi connectivity index (χ0) is 16.6. The van der Waals surface area contributed by atoms with Crippen molar-refractivity contribution in [3.05, 3.63) is 46.9 Å². The van der Waals surface area contributed by atoms with Gasteiger partial charge < -0.3 is 15.2 Å². The zero-order valence-corrected chi connectivity index (χ0v) is 14.0. The molecule has 1 aromatic heterocycles. The number of nitrogens with zero attached hydrogens (tertiary/aromatic N) is 2. The minimum atomic E-state index is 0.0187. The minimum absolute atomic E-state index is 0.0187. The van der Waals surface area contributed by atoms with Crippen LogP contribution in [0.2, 0.25) is 0 Å². The highest BCUT2D eigenvalue weighted by molar-refractivity contribution is 5.52. The lowest BCUT2D eigenvalue weighted by atomic mass is 9.69. The number of aliphatic hydroxyl groups is 1. The molecule has 0 spiro atoms. The first kappa shape index (κ1) is 15.4. The van der Waals surface area contributed by atoms with Crippen LogP contribution in [0.15, 0.2) is 24.3 Å². The molecule has 2 aliphatic rings. The van der Waals surface area contributed by atoms with Gasteiger partial charge in [0.05, 0.1) is 12.3 Å². The standard InChI is InChI=1S/C19H23N3O2/c1-13-21-16-10-24-17-6-3-2-5-14(17)9-15(16)18(22-13)20-11-19(12-23)7-4-8-19/h2-3,5-6,23H,4,7-12H2,1H3,(H,20,21,22). The van der Waals surface area contributed by atoms with Crippen molar-refractivity contribution in [1.82, 2.24) is 9.97 Å². The van der Waals surface area contributed by atoms with E-state index in [1.165, 1.54) is 6.42 Å². The molecule has 1 aliphatic carbocycles. The number of fused-ring (bicyclic) bond motifs is 2. The summed E-state index contributed by atoms with van der Waals surface area (Å²) in [5, 5.41) is 13.2. The number of nitrogens with one attached hydrogen (secondary N) is 1. The fraction of sp³-hybridized carbons (Fsp3) is 0.474. The maximum Gasteiger partial charge on any atom is 0.133 e. The van der Waals surface area contributed by atoms with E-state index < -0.39 is 0 Å². The average molecular weight is 325 g/mol. The molecule has 0 amide bonds. The summed E-state index contributed by atoms with van der Waals surface area (Å²) < 4.78 is 5.93. The number of hydrogen-bond acceptors (Lipinski definition) is 5. The number of benzene rings is 1. The normalized spacial score (nSPS) is 17.8. The van der Waals surface area contributed by atoms with E-state index in [1.54, 1.807) is 0 Å². The van der Waals surface area contributed by atoms with Gasteiger partial charge in [-0.05, 0) is 31.4 Å². The van der Waals surface area contributed by atoms with Gasteiger partial charge in [0.2, 0.25) is 0 Å². The Balaban J connectivity index is 1.65. The molecule has 0 saturated heterocycles. The number of hydrogen-bond donors (Lipinski definition) is 2. The first-order chi connectivity index (χ1) is 11.7. The van der Waals surface area contributed by atoms with Gasteiger partial charge in [-0.3, -0.25) is 0 Å². The first-order valence-corrected chi connectivity index (χ1v) is 8.61. The highest BCUT2D eigenvalue weighted by Gasteiger charge is 2.36.